The highest BCUT2D eigenvalue weighted by molar-refractivity contribution is 6.10. The second kappa shape index (κ2) is 9.44. The Balaban J connectivity index is 1.87. The summed E-state index contributed by atoms with van der Waals surface area (Å²) in [6, 6.07) is 20.0. The van der Waals surface area contributed by atoms with Crippen molar-refractivity contribution in [3.05, 3.63) is 88.6 Å². The van der Waals surface area contributed by atoms with Crippen molar-refractivity contribution in [2.45, 2.75) is 72.6 Å². The van der Waals surface area contributed by atoms with Gasteiger partial charge in [0.1, 0.15) is 11.7 Å². The molecule has 0 N–H and O–H groups in total. The Morgan fingerprint density at radius 2 is 1.50 bits per heavy atom. The van der Waals surface area contributed by atoms with E-state index >= 15 is 0 Å². The van der Waals surface area contributed by atoms with E-state index in [1.54, 1.807) is 6.07 Å². The molecule has 0 saturated carbocycles. The number of rotatable bonds is 4. The van der Waals surface area contributed by atoms with E-state index in [9.17, 15) is 5.26 Å². The third-order valence-electron chi connectivity index (χ3n) is 7.40. The standard InChI is InChI=1S/C35H36N2O/c1-20(2)28-15-24(35(6,7)8)16-29(21(3)4)32(28)30-17-31(37-19-22(30)5)27-14-10-13-26-25-12-9-11-23(18-36)33(25)38-34(26)27/h9-17,19-21H,1-8H3/i5D3. The van der Waals surface area contributed by atoms with E-state index < -0.39 is 6.85 Å². The Morgan fingerprint density at radius 1 is 0.868 bits per heavy atom. The second-order valence-electron chi connectivity index (χ2n) is 11.8. The summed E-state index contributed by atoms with van der Waals surface area (Å²) in [7, 11) is 0. The zero-order chi connectivity index (χ0) is 29.9. The van der Waals surface area contributed by atoms with Crippen LogP contribution in [0, 0.1) is 18.2 Å². The van der Waals surface area contributed by atoms with E-state index in [1.807, 2.05) is 36.4 Å². The Kier molecular flexibility index (Phi) is 5.50. The monoisotopic (exact) mass is 503 g/mol. The summed E-state index contributed by atoms with van der Waals surface area (Å²) >= 11 is 0. The lowest BCUT2D eigenvalue weighted by Gasteiger charge is -2.27. The Labute approximate surface area is 230 Å². The topological polar surface area (TPSA) is 49.8 Å². The van der Waals surface area contributed by atoms with E-state index in [1.165, 1.54) is 11.8 Å². The fourth-order valence-electron chi connectivity index (χ4n) is 5.26. The first-order chi connectivity index (χ1) is 19.2. The Bertz CT molecular complexity index is 1800. The number of para-hydroxylation sites is 2. The zero-order valence-corrected chi connectivity index (χ0v) is 23.2. The lowest BCUT2D eigenvalue weighted by atomic mass is 9.77. The van der Waals surface area contributed by atoms with Crippen LogP contribution in [0.5, 0.6) is 0 Å². The number of furan rings is 1. The number of hydrogen-bond acceptors (Lipinski definition) is 3. The number of nitriles is 1. The molecule has 0 aliphatic heterocycles. The lowest BCUT2D eigenvalue weighted by molar-refractivity contribution is 0.587. The molecule has 0 aliphatic rings. The molecule has 0 fully saturated rings. The first-order valence-electron chi connectivity index (χ1n) is 14.8. The van der Waals surface area contributed by atoms with Crippen LogP contribution in [0.25, 0.3) is 44.3 Å². The maximum absolute atomic E-state index is 9.65. The first-order valence-corrected chi connectivity index (χ1v) is 13.3. The van der Waals surface area contributed by atoms with Crippen molar-refractivity contribution in [2.75, 3.05) is 0 Å². The molecule has 5 rings (SSSR count). The third kappa shape index (κ3) is 4.29. The van der Waals surface area contributed by atoms with Crippen LogP contribution in [0.1, 0.15) is 92.2 Å². The summed E-state index contributed by atoms with van der Waals surface area (Å²) in [5, 5.41) is 11.4. The van der Waals surface area contributed by atoms with Crippen molar-refractivity contribution in [3.63, 3.8) is 0 Å². The fourth-order valence-corrected chi connectivity index (χ4v) is 5.26. The van der Waals surface area contributed by atoms with Gasteiger partial charge in [0.15, 0.2) is 5.58 Å². The van der Waals surface area contributed by atoms with Gasteiger partial charge in [0.05, 0.1) is 11.3 Å². The second-order valence-corrected chi connectivity index (χ2v) is 11.8. The summed E-state index contributed by atoms with van der Waals surface area (Å²) in [4.78, 5) is 4.69. The number of fused-ring (bicyclic) bond motifs is 3. The van der Waals surface area contributed by atoms with Crippen LogP contribution in [-0.4, -0.2) is 4.98 Å². The minimum absolute atomic E-state index is 0.0543. The SMILES string of the molecule is [2H]C([2H])([2H])c1cnc(-c2cccc3c2oc2c(C#N)cccc23)cc1-c1c(C(C)C)cc(C(C)(C)C)cc1C(C)C. The molecule has 3 heteroatoms. The van der Waals surface area contributed by atoms with Crippen LogP contribution in [-0.2, 0) is 5.41 Å². The van der Waals surface area contributed by atoms with Gasteiger partial charge in [-0.3, -0.25) is 4.98 Å². The van der Waals surface area contributed by atoms with Crippen molar-refractivity contribution >= 4 is 21.9 Å². The highest BCUT2D eigenvalue weighted by atomic mass is 16.3. The number of hydrogen-bond donors (Lipinski definition) is 0. The van der Waals surface area contributed by atoms with Gasteiger partial charge >= 0.3 is 0 Å². The van der Waals surface area contributed by atoms with Crippen LogP contribution in [0.4, 0.5) is 0 Å². The molecule has 0 amide bonds. The summed E-state index contributed by atoms with van der Waals surface area (Å²) in [6.07, 6.45) is 1.51. The molecule has 192 valence electrons. The summed E-state index contributed by atoms with van der Waals surface area (Å²) in [6.45, 7) is 12.9. The van der Waals surface area contributed by atoms with Gasteiger partial charge in [0, 0.05) is 26.6 Å². The van der Waals surface area contributed by atoms with Gasteiger partial charge in [0.25, 0.3) is 0 Å². The van der Waals surface area contributed by atoms with Crippen molar-refractivity contribution < 1.29 is 8.53 Å². The lowest BCUT2D eigenvalue weighted by Crippen LogP contribution is -2.14. The van der Waals surface area contributed by atoms with Crippen LogP contribution in [0.2, 0.25) is 0 Å². The highest BCUT2D eigenvalue weighted by Gasteiger charge is 2.24. The molecular formula is C35H36N2O. The smallest absolute Gasteiger partial charge is 0.153 e. The maximum atomic E-state index is 9.65. The molecule has 2 heterocycles. The summed E-state index contributed by atoms with van der Waals surface area (Å²) < 4.78 is 31.6. The molecule has 0 bridgehead atoms. The van der Waals surface area contributed by atoms with Gasteiger partial charge in [-0.25, -0.2) is 0 Å². The predicted molar refractivity (Wildman–Crippen MR) is 159 cm³/mol. The van der Waals surface area contributed by atoms with Crippen LogP contribution in [0.15, 0.2) is 65.2 Å². The molecule has 0 aliphatic carbocycles. The third-order valence-corrected chi connectivity index (χ3v) is 7.40. The fraction of sp³-hybridized carbons (Fsp3) is 0.314. The normalized spacial score (nSPS) is 13.6. The van der Waals surface area contributed by atoms with Crippen LogP contribution >= 0.6 is 0 Å². The number of benzene rings is 3. The Morgan fingerprint density at radius 3 is 2.08 bits per heavy atom. The molecule has 5 aromatic rings. The molecule has 0 spiro atoms. The van der Waals surface area contributed by atoms with Crippen LogP contribution in [0.3, 0.4) is 0 Å². The molecule has 38 heavy (non-hydrogen) atoms. The molecule has 0 radical (unpaired) electrons. The van der Waals surface area contributed by atoms with Gasteiger partial charge in [-0.15, -0.1) is 0 Å². The molecule has 3 nitrogen and oxygen atoms in total. The molecule has 2 aromatic heterocycles. The molecule has 0 saturated heterocycles. The van der Waals surface area contributed by atoms with E-state index in [0.717, 1.165) is 33.0 Å². The Hall–Kier alpha value is -3.90. The number of pyridine rings is 1. The van der Waals surface area contributed by atoms with Crippen molar-refractivity contribution in [1.82, 2.24) is 4.98 Å². The largest absolute Gasteiger partial charge is 0.454 e. The van der Waals surface area contributed by atoms with Gasteiger partial charge in [-0.1, -0.05) is 84.9 Å². The molecular weight excluding hydrogens is 464 g/mol. The highest BCUT2D eigenvalue weighted by Crippen LogP contribution is 2.43. The van der Waals surface area contributed by atoms with Gasteiger partial charge < -0.3 is 4.42 Å². The number of nitrogens with zero attached hydrogens (tertiary/aromatic N) is 2. The summed E-state index contributed by atoms with van der Waals surface area (Å²) in [5.41, 5.74) is 8.34. The number of aryl methyl sites for hydroxylation is 1. The minimum atomic E-state index is -2.35. The predicted octanol–water partition coefficient (Wildman–Crippen LogP) is 10.0. The maximum Gasteiger partial charge on any atom is 0.153 e. The van der Waals surface area contributed by atoms with E-state index in [0.29, 0.717) is 28.0 Å². The minimum Gasteiger partial charge on any atom is -0.454 e. The van der Waals surface area contributed by atoms with Gasteiger partial charge in [-0.2, -0.15) is 5.26 Å². The molecule has 0 unspecified atom stereocenters. The van der Waals surface area contributed by atoms with Crippen LogP contribution < -0.4 is 0 Å². The van der Waals surface area contributed by atoms with Crippen molar-refractivity contribution in [3.8, 4) is 28.5 Å². The summed E-state index contributed by atoms with van der Waals surface area (Å²) in [5.74, 6) is 0.350. The average molecular weight is 504 g/mol. The zero-order valence-electron chi connectivity index (χ0n) is 26.2. The van der Waals surface area contributed by atoms with E-state index in [-0.39, 0.29) is 22.8 Å². The quantitative estimate of drug-likeness (QED) is 0.245. The first kappa shape index (κ1) is 22.1. The molecule has 3 aromatic carbocycles. The van der Waals surface area contributed by atoms with E-state index in [2.05, 4.69) is 71.7 Å². The van der Waals surface area contributed by atoms with Crippen molar-refractivity contribution in [1.29, 1.82) is 5.26 Å². The number of aromatic nitrogens is 1. The van der Waals surface area contributed by atoms with Gasteiger partial charge in [-0.05, 0) is 75.7 Å². The van der Waals surface area contributed by atoms with E-state index in [4.69, 9.17) is 8.53 Å². The average Bonchev–Trinajstić information content (AvgIpc) is 3.30. The molecule has 0 atom stereocenters. The van der Waals surface area contributed by atoms with Crippen molar-refractivity contribution in [2.24, 2.45) is 0 Å². The van der Waals surface area contributed by atoms with Gasteiger partial charge in [0.2, 0.25) is 0 Å².